The molecular weight excluding hydrogens is 306 g/mol. The van der Waals surface area contributed by atoms with E-state index in [-0.39, 0.29) is 11.8 Å². The summed E-state index contributed by atoms with van der Waals surface area (Å²) in [6.07, 6.45) is 3.77. The van der Waals surface area contributed by atoms with Crippen LogP contribution in [0, 0.1) is 0 Å². The number of amides is 2. The summed E-state index contributed by atoms with van der Waals surface area (Å²) in [5, 5.41) is 8.53. The molecule has 1 aromatic carbocycles. The van der Waals surface area contributed by atoms with Crippen LogP contribution in [0.4, 0.5) is 22.1 Å². The van der Waals surface area contributed by atoms with Crippen molar-refractivity contribution in [2.24, 2.45) is 0 Å². The normalized spacial score (nSPS) is 13.1. The van der Waals surface area contributed by atoms with E-state index in [1.54, 1.807) is 18.3 Å². The van der Waals surface area contributed by atoms with Gasteiger partial charge in [0, 0.05) is 30.5 Å². The summed E-state index contributed by atoms with van der Waals surface area (Å²) >= 11 is 0. The molecule has 1 heterocycles. The van der Waals surface area contributed by atoms with Gasteiger partial charge in [0.1, 0.15) is 0 Å². The van der Waals surface area contributed by atoms with Crippen molar-refractivity contribution in [1.29, 1.82) is 0 Å². The van der Waals surface area contributed by atoms with E-state index in [1.165, 1.54) is 0 Å². The molecule has 1 aliphatic rings. The van der Waals surface area contributed by atoms with Crippen LogP contribution in [-0.2, 0) is 6.42 Å². The van der Waals surface area contributed by atoms with Crippen molar-refractivity contribution in [3.05, 3.63) is 41.7 Å². The second kappa shape index (κ2) is 7.08. The van der Waals surface area contributed by atoms with Gasteiger partial charge in [-0.3, -0.25) is 4.79 Å². The molecule has 2 amide bonds. The van der Waals surface area contributed by atoms with Crippen molar-refractivity contribution in [3.8, 4) is 0 Å². The van der Waals surface area contributed by atoms with Crippen LogP contribution in [0.2, 0.25) is 0 Å². The standard InChI is InChI=1S/C17H19N5O2/c1-2-18-17(24)21-12-6-3-5-11(9-12)20-16-19-10-13-14(22-16)7-4-8-15(13)23/h3,5-6,9-10H,2,4,7-8H2,1H3,(H2,18,21,24)(H,19,20,22). The number of carbonyl (C=O) groups excluding carboxylic acids is 2. The highest BCUT2D eigenvalue weighted by Crippen LogP contribution is 2.22. The number of fused-ring (bicyclic) bond motifs is 1. The summed E-state index contributed by atoms with van der Waals surface area (Å²) in [7, 11) is 0. The monoisotopic (exact) mass is 325 g/mol. The van der Waals surface area contributed by atoms with Gasteiger partial charge in [-0.2, -0.15) is 0 Å². The summed E-state index contributed by atoms with van der Waals surface area (Å²) in [6.45, 7) is 2.42. The van der Waals surface area contributed by atoms with Gasteiger partial charge < -0.3 is 16.0 Å². The summed E-state index contributed by atoms with van der Waals surface area (Å²) in [5.41, 5.74) is 2.84. The molecule has 3 N–H and O–H groups in total. The van der Waals surface area contributed by atoms with Crippen molar-refractivity contribution in [3.63, 3.8) is 0 Å². The van der Waals surface area contributed by atoms with Gasteiger partial charge in [0.15, 0.2) is 5.78 Å². The Morgan fingerprint density at radius 3 is 2.92 bits per heavy atom. The van der Waals surface area contributed by atoms with Crippen LogP contribution < -0.4 is 16.0 Å². The fourth-order valence-electron chi connectivity index (χ4n) is 2.59. The average molecular weight is 325 g/mol. The highest BCUT2D eigenvalue weighted by atomic mass is 16.2. The largest absolute Gasteiger partial charge is 0.338 e. The first-order valence-corrected chi connectivity index (χ1v) is 7.97. The summed E-state index contributed by atoms with van der Waals surface area (Å²) < 4.78 is 0. The van der Waals surface area contributed by atoms with E-state index < -0.39 is 0 Å². The van der Waals surface area contributed by atoms with E-state index in [0.29, 0.717) is 30.2 Å². The van der Waals surface area contributed by atoms with Gasteiger partial charge in [0.25, 0.3) is 0 Å². The molecule has 0 spiro atoms. The molecule has 0 atom stereocenters. The number of carbonyl (C=O) groups is 2. The molecule has 2 aromatic rings. The van der Waals surface area contributed by atoms with Crippen LogP contribution in [0.5, 0.6) is 0 Å². The van der Waals surface area contributed by atoms with Gasteiger partial charge >= 0.3 is 6.03 Å². The molecule has 7 nitrogen and oxygen atoms in total. The molecule has 24 heavy (non-hydrogen) atoms. The van der Waals surface area contributed by atoms with Gasteiger partial charge in [-0.15, -0.1) is 0 Å². The lowest BCUT2D eigenvalue weighted by atomic mass is 9.96. The summed E-state index contributed by atoms with van der Waals surface area (Å²) in [4.78, 5) is 32.0. The molecule has 0 aliphatic heterocycles. The molecule has 0 radical (unpaired) electrons. The zero-order valence-corrected chi connectivity index (χ0v) is 13.4. The van der Waals surface area contributed by atoms with Crippen LogP contribution in [0.3, 0.4) is 0 Å². The van der Waals surface area contributed by atoms with Crippen LogP contribution in [0.1, 0.15) is 35.8 Å². The number of urea groups is 1. The highest BCUT2D eigenvalue weighted by Gasteiger charge is 2.19. The van der Waals surface area contributed by atoms with Crippen molar-refractivity contribution < 1.29 is 9.59 Å². The molecule has 0 fully saturated rings. The number of ketones is 1. The van der Waals surface area contributed by atoms with E-state index in [0.717, 1.165) is 24.2 Å². The fourth-order valence-corrected chi connectivity index (χ4v) is 2.59. The van der Waals surface area contributed by atoms with Gasteiger partial charge in [-0.25, -0.2) is 14.8 Å². The third-order valence-corrected chi connectivity index (χ3v) is 3.70. The minimum atomic E-state index is -0.252. The third kappa shape index (κ3) is 3.68. The minimum Gasteiger partial charge on any atom is -0.338 e. The van der Waals surface area contributed by atoms with E-state index >= 15 is 0 Å². The molecule has 0 saturated heterocycles. The number of benzene rings is 1. The van der Waals surface area contributed by atoms with Crippen LogP contribution >= 0.6 is 0 Å². The molecule has 1 aromatic heterocycles. The van der Waals surface area contributed by atoms with E-state index in [4.69, 9.17) is 0 Å². The molecular formula is C17H19N5O2. The second-order valence-electron chi connectivity index (χ2n) is 5.52. The Morgan fingerprint density at radius 2 is 2.08 bits per heavy atom. The van der Waals surface area contributed by atoms with Crippen molar-refractivity contribution in [2.75, 3.05) is 17.2 Å². The molecule has 0 saturated carbocycles. The maximum absolute atomic E-state index is 11.8. The number of nitrogens with zero attached hydrogens (tertiary/aromatic N) is 2. The number of aryl methyl sites for hydroxylation is 1. The molecule has 0 unspecified atom stereocenters. The Kier molecular flexibility index (Phi) is 4.69. The quantitative estimate of drug-likeness (QED) is 0.803. The van der Waals surface area contributed by atoms with E-state index in [2.05, 4.69) is 25.9 Å². The van der Waals surface area contributed by atoms with Gasteiger partial charge in [0.05, 0.1) is 11.3 Å². The molecule has 0 bridgehead atoms. The smallest absolute Gasteiger partial charge is 0.319 e. The van der Waals surface area contributed by atoms with Crippen LogP contribution in [0.15, 0.2) is 30.5 Å². The van der Waals surface area contributed by atoms with Crippen molar-refractivity contribution in [2.45, 2.75) is 26.2 Å². The lowest BCUT2D eigenvalue weighted by Crippen LogP contribution is -2.28. The minimum absolute atomic E-state index is 0.107. The first kappa shape index (κ1) is 15.9. The Hall–Kier alpha value is -2.96. The molecule has 124 valence electrons. The van der Waals surface area contributed by atoms with E-state index in [9.17, 15) is 9.59 Å². The van der Waals surface area contributed by atoms with Gasteiger partial charge in [-0.05, 0) is 38.0 Å². The zero-order chi connectivity index (χ0) is 16.9. The first-order chi connectivity index (χ1) is 11.7. The number of rotatable bonds is 4. The lowest BCUT2D eigenvalue weighted by molar-refractivity contribution is 0.0971. The van der Waals surface area contributed by atoms with Crippen LogP contribution in [-0.4, -0.2) is 28.3 Å². The van der Waals surface area contributed by atoms with Gasteiger partial charge in [-0.1, -0.05) is 6.07 Å². The van der Waals surface area contributed by atoms with Crippen molar-refractivity contribution >= 4 is 29.1 Å². The Bertz CT molecular complexity index is 775. The molecule has 1 aliphatic carbocycles. The molecule has 3 rings (SSSR count). The Balaban J connectivity index is 1.74. The number of aromatic nitrogens is 2. The SMILES string of the molecule is CCNC(=O)Nc1cccc(Nc2ncc3c(n2)CCCC3=O)c1. The average Bonchev–Trinajstić information content (AvgIpc) is 2.55. The number of hydrogen-bond acceptors (Lipinski definition) is 5. The first-order valence-electron chi connectivity index (χ1n) is 7.97. The number of nitrogens with one attached hydrogen (secondary N) is 3. The maximum atomic E-state index is 11.8. The third-order valence-electron chi connectivity index (χ3n) is 3.70. The zero-order valence-electron chi connectivity index (χ0n) is 13.4. The second-order valence-corrected chi connectivity index (χ2v) is 5.52. The maximum Gasteiger partial charge on any atom is 0.319 e. The van der Waals surface area contributed by atoms with Gasteiger partial charge in [0.2, 0.25) is 5.95 Å². The number of Topliss-reactive ketones (excluding diaryl/α,β-unsaturated/α-hetero) is 1. The predicted octanol–water partition coefficient (Wildman–Crippen LogP) is 2.88. The number of anilines is 3. The predicted molar refractivity (Wildman–Crippen MR) is 91.7 cm³/mol. The van der Waals surface area contributed by atoms with Crippen molar-refractivity contribution in [1.82, 2.24) is 15.3 Å². The topological polar surface area (TPSA) is 96.0 Å². The lowest BCUT2D eigenvalue weighted by Gasteiger charge is -2.14. The molecule has 7 heteroatoms. The Morgan fingerprint density at radius 1 is 1.25 bits per heavy atom. The number of hydrogen-bond donors (Lipinski definition) is 3. The fraction of sp³-hybridized carbons (Fsp3) is 0.294. The summed E-state index contributed by atoms with van der Waals surface area (Å²) in [5.74, 6) is 0.551. The summed E-state index contributed by atoms with van der Waals surface area (Å²) in [6, 6.07) is 7.02. The van der Waals surface area contributed by atoms with E-state index in [1.807, 2.05) is 19.1 Å². The Labute approximate surface area is 139 Å². The van der Waals surface area contributed by atoms with Crippen LogP contribution in [0.25, 0.3) is 0 Å². The highest BCUT2D eigenvalue weighted by molar-refractivity contribution is 5.97.